The van der Waals surface area contributed by atoms with Crippen molar-refractivity contribution in [3.63, 3.8) is 0 Å². The number of carboxylic acids is 1. The SMILES string of the molecule is CCCc1nc2cccc(C(=O)O)c2n1C(C)(C)CC. The van der Waals surface area contributed by atoms with Crippen LogP contribution in [0.5, 0.6) is 0 Å². The molecule has 0 fully saturated rings. The smallest absolute Gasteiger partial charge is 0.337 e. The minimum Gasteiger partial charge on any atom is -0.478 e. The fourth-order valence-corrected chi connectivity index (χ4v) is 2.55. The highest BCUT2D eigenvalue weighted by Gasteiger charge is 2.26. The zero-order valence-electron chi connectivity index (χ0n) is 12.6. The molecule has 0 atom stereocenters. The van der Waals surface area contributed by atoms with E-state index in [4.69, 9.17) is 0 Å². The Morgan fingerprint density at radius 2 is 2.05 bits per heavy atom. The molecule has 1 N–H and O–H groups in total. The lowest BCUT2D eigenvalue weighted by Gasteiger charge is -2.28. The van der Waals surface area contributed by atoms with E-state index in [-0.39, 0.29) is 5.54 Å². The van der Waals surface area contributed by atoms with Gasteiger partial charge in [-0.05, 0) is 38.8 Å². The number of carbonyl (C=O) groups is 1. The van der Waals surface area contributed by atoms with Gasteiger partial charge in [0.15, 0.2) is 0 Å². The summed E-state index contributed by atoms with van der Waals surface area (Å²) in [6, 6.07) is 5.31. The molecule has 0 saturated carbocycles. The van der Waals surface area contributed by atoms with E-state index in [1.807, 2.05) is 6.07 Å². The van der Waals surface area contributed by atoms with Gasteiger partial charge in [-0.3, -0.25) is 0 Å². The topological polar surface area (TPSA) is 55.1 Å². The van der Waals surface area contributed by atoms with Crippen molar-refractivity contribution in [3.8, 4) is 0 Å². The lowest BCUT2D eigenvalue weighted by Crippen LogP contribution is -2.27. The number of nitrogens with zero attached hydrogens (tertiary/aromatic N) is 2. The molecule has 1 aromatic carbocycles. The van der Waals surface area contributed by atoms with Crippen LogP contribution in [0.1, 0.15) is 56.7 Å². The predicted octanol–water partition coefficient (Wildman–Crippen LogP) is 3.83. The molecule has 0 spiro atoms. The minimum atomic E-state index is -0.897. The van der Waals surface area contributed by atoms with Crippen LogP contribution in [0.15, 0.2) is 18.2 Å². The van der Waals surface area contributed by atoms with Gasteiger partial charge >= 0.3 is 5.97 Å². The molecule has 1 heterocycles. The van der Waals surface area contributed by atoms with Gasteiger partial charge in [0, 0.05) is 12.0 Å². The number of aromatic nitrogens is 2. The third-order valence-corrected chi connectivity index (χ3v) is 3.92. The van der Waals surface area contributed by atoms with Gasteiger partial charge in [-0.1, -0.05) is 19.9 Å². The fraction of sp³-hybridized carbons (Fsp3) is 0.500. The Kier molecular flexibility index (Phi) is 3.84. The minimum absolute atomic E-state index is 0.148. The van der Waals surface area contributed by atoms with Gasteiger partial charge in [0.2, 0.25) is 0 Å². The zero-order chi connectivity index (χ0) is 14.9. The Hall–Kier alpha value is -1.84. The fourth-order valence-electron chi connectivity index (χ4n) is 2.55. The summed E-state index contributed by atoms with van der Waals surface area (Å²) < 4.78 is 2.12. The number of benzene rings is 1. The molecule has 2 rings (SSSR count). The molecule has 2 aromatic rings. The van der Waals surface area contributed by atoms with Crippen LogP contribution in [-0.2, 0) is 12.0 Å². The molecular weight excluding hydrogens is 252 g/mol. The first kappa shape index (κ1) is 14.6. The van der Waals surface area contributed by atoms with Crippen LogP contribution in [0.4, 0.5) is 0 Å². The summed E-state index contributed by atoms with van der Waals surface area (Å²) in [6.45, 7) is 8.49. The summed E-state index contributed by atoms with van der Waals surface area (Å²) in [5.41, 5.74) is 1.70. The third kappa shape index (κ3) is 2.30. The predicted molar refractivity (Wildman–Crippen MR) is 80.3 cm³/mol. The highest BCUT2D eigenvalue weighted by atomic mass is 16.4. The summed E-state index contributed by atoms with van der Waals surface area (Å²) >= 11 is 0. The average Bonchev–Trinajstić information content (AvgIpc) is 2.77. The van der Waals surface area contributed by atoms with Crippen molar-refractivity contribution in [2.75, 3.05) is 0 Å². The maximum Gasteiger partial charge on any atom is 0.337 e. The molecular formula is C16H22N2O2. The van der Waals surface area contributed by atoms with E-state index in [1.165, 1.54) is 0 Å². The molecule has 0 unspecified atom stereocenters. The van der Waals surface area contributed by atoms with E-state index < -0.39 is 5.97 Å². The second kappa shape index (κ2) is 5.27. The average molecular weight is 274 g/mol. The van der Waals surface area contributed by atoms with E-state index >= 15 is 0 Å². The monoisotopic (exact) mass is 274 g/mol. The van der Waals surface area contributed by atoms with Gasteiger partial charge < -0.3 is 9.67 Å². The van der Waals surface area contributed by atoms with E-state index in [9.17, 15) is 9.90 Å². The van der Waals surface area contributed by atoms with Crippen molar-refractivity contribution in [1.82, 2.24) is 9.55 Å². The molecule has 0 aliphatic heterocycles. The number of rotatable bonds is 5. The van der Waals surface area contributed by atoms with Crippen LogP contribution in [0.25, 0.3) is 11.0 Å². The van der Waals surface area contributed by atoms with Crippen molar-refractivity contribution in [2.24, 2.45) is 0 Å². The molecule has 20 heavy (non-hydrogen) atoms. The molecule has 0 amide bonds. The van der Waals surface area contributed by atoms with Crippen LogP contribution < -0.4 is 0 Å². The lowest BCUT2D eigenvalue weighted by atomic mass is 10.00. The van der Waals surface area contributed by atoms with Crippen molar-refractivity contribution < 1.29 is 9.90 Å². The Morgan fingerprint density at radius 3 is 2.60 bits per heavy atom. The van der Waals surface area contributed by atoms with Crippen LogP contribution in [0.3, 0.4) is 0 Å². The summed E-state index contributed by atoms with van der Waals surface area (Å²) in [4.78, 5) is 16.2. The number of para-hydroxylation sites is 1. The van der Waals surface area contributed by atoms with Crippen LogP contribution in [-0.4, -0.2) is 20.6 Å². The Bertz CT molecular complexity index is 641. The number of hydrogen-bond donors (Lipinski definition) is 1. The first-order chi connectivity index (χ1) is 9.42. The van der Waals surface area contributed by atoms with Gasteiger partial charge in [0.25, 0.3) is 0 Å². The zero-order valence-corrected chi connectivity index (χ0v) is 12.6. The Balaban J connectivity index is 2.85. The highest BCUT2D eigenvalue weighted by molar-refractivity contribution is 6.01. The first-order valence-corrected chi connectivity index (χ1v) is 7.16. The quantitative estimate of drug-likeness (QED) is 0.901. The maximum atomic E-state index is 11.5. The standard InChI is InChI=1S/C16H22N2O2/c1-5-8-13-17-12-10-7-9-11(15(19)20)14(12)18(13)16(3,4)6-2/h7,9-10H,5-6,8H2,1-4H3,(H,19,20). The summed E-state index contributed by atoms with van der Waals surface area (Å²) in [7, 11) is 0. The molecule has 0 bridgehead atoms. The summed E-state index contributed by atoms with van der Waals surface area (Å²) in [5, 5.41) is 9.44. The maximum absolute atomic E-state index is 11.5. The molecule has 0 aliphatic rings. The largest absolute Gasteiger partial charge is 0.478 e. The highest BCUT2D eigenvalue weighted by Crippen LogP contribution is 2.30. The van der Waals surface area contributed by atoms with Gasteiger partial charge in [0.1, 0.15) is 5.82 Å². The Morgan fingerprint density at radius 1 is 1.35 bits per heavy atom. The number of fused-ring (bicyclic) bond motifs is 1. The molecule has 108 valence electrons. The van der Waals surface area contributed by atoms with Gasteiger partial charge in [-0.25, -0.2) is 9.78 Å². The van der Waals surface area contributed by atoms with Crippen molar-refractivity contribution in [1.29, 1.82) is 0 Å². The third-order valence-electron chi connectivity index (χ3n) is 3.92. The second-order valence-corrected chi connectivity index (χ2v) is 5.76. The van der Waals surface area contributed by atoms with E-state index in [0.717, 1.165) is 36.1 Å². The summed E-state index contributed by atoms with van der Waals surface area (Å²) in [5.74, 6) is 0.0785. The molecule has 0 radical (unpaired) electrons. The molecule has 4 nitrogen and oxygen atoms in total. The van der Waals surface area contributed by atoms with E-state index in [0.29, 0.717) is 5.56 Å². The van der Waals surface area contributed by atoms with Gasteiger partial charge in [-0.2, -0.15) is 0 Å². The van der Waals surface area contributed by atoms with E-state index in [1.54, 1.807) is 12.1 Å². The van der Waals surface area contributed by atoms with Crippen LogP contribution >= 0.6 is 0 Å². The number of hydrogen-bond acceptors (Lipinski definition) is 2. The number of imidazole rings is 1. The van der Waals surface area contributed by atoms with Crippen LogP contribution in [0.2, 0.25) is 0 Å². The number of carboxylic acid groups (broad SMARTS) is 1. The van der Waals surface area contributed by atoms with E-state index in [2.05, 4.69) is 37.2 Å². The Labute approximate surface area is 119 Å². The number of aromatic carboxylic acids is 1. The second-order valence-electron chi connectivity index (χ2n) is 5.76. The normalized spacial score (nSPS) is 12.0. The molecule has 0 saturated heterocycles. The molecule has 1 aromatic heterocycles. The molecule has 4 heteroatoms. The van der Waals surface area contributed by atoms with Crippen molar-refractivity contribution in [2.45, 2.75) is 52.5 Å². The van der Waals surface area contributed by atoms with Crippen LogP contribution in [0, 0.1) is 0 Å². The first-order valence-electron chi connectivity index (χ1n) is 7.16. The van der Waals surface area contributed by atoms with Crippen molar-refractivity contribution >= 4 is 17.0 Å². The van der Waals surface area contributed by atoms with Crippen molar-refractivity contribution in [3.05, 3.63) is 29.6 Å². The molecule has 0 aliphatic carbocycles. The van der Waals surface area contributed by atoms with Gasteiger partial charge in [0.05, 0.1) is 16.6 Å². The summed E-state index contributed by atoms with van der Waals surface area (Å²) in [6.07, 6.45) is 2.77. The lowest BCUT2D eigenvalue weighted by molar-refractivity contribution is 0.0698. The number of aryl methyl sites for hydroxylation is 1. The van der Waals surface area contributed by atoms with Gasteiger partial charge in [-0.15, -0.1) is 0 Å².